The molecule has 0 spiro atoms. The van der Waals surface area contributed by atoms with Crippen molar-refractivity contribution in [2.24, 2.45) is 0 Å². The highest BCUT2D eigenvalue weighted by atomic mass is 35.5. The lowest BCUT2D eigenvalue weighted by Crippen LogP contribution is -1.94. The summed E-state index contributed by atoms with van der Waals surface area (Å²) >= 11 is 17.2. The SMILES string of the molecule is Cc1cc2nc(Cl)c(C(=O)Cl)cc2cc1Cl. The van der Waals surface area contributed by atoms with Crippen LogP contribution in [0.5, 0.6) is 0 Å². The molecule has 5 heteroatoms. The summed E-state index contributed by atoms with van der Waals surface area (Å²) in [6, 6.07) is 5.14. The van der Waals surface area contributed by atoms with E-state index in [1.165, 1.54) is 0 Å². The third kappa shape index (κ3) is 2.01. The van der Waals surface area contributed by atoms with E-state index in [9.17, 15) is 4.79 Å². The van der Waals surface area contributed by atoms with Gasteiger partial charge in [-0.25, -0.2) is 4.98 Å². The molecule has 0 atom stereocenters. The molecule has 0 bridgehead atoms. The summed E-state index contributed by atoms with van der Waals surface area (Å²) in [6.45, 7) is 1.87. The number of aromatic nitrogens is 1. The lowest BCUT2D eigenvalue weighted by Gasteiger charge is -2.04. The Labute approximate surface area is 107 Å². The maximum atomic E-state index is 11.1. The van der Waals surface area contributed by atoms with Crippen molar-refractivity contribution >= 4 is 50.9 Å². The second kappa shape index (κ2) is 4.21. The second-order valence-corrected chi connectivity index (χ2v) is 4.50. The van der Waals surface area contributed by atoms with Gasteiger partial charge in [-0.15, -0.1) is 0 Å². The monoisotopic (exact) mass is 273 g/mol. The predicted molar refractivity (Wildman–Crippen MR) is 66.7 cm³/mol. The Balaban J connectivity index is 2.79. The van der Waals surface area contributed by atoms with Crippen LogP contribution >= 0.6 is 34.8 Å². The predicted octanol–water partition coefficient (Wildman–Crippen LogP) is 4.23. The van der Waals surface area contributed by atoms with E-state index in [2.05, 4.69) is 4.98 Å². The quantitative estimate of drug-likeness (QED) is 0.575. The van der Waals surface area contributed by atoms with Crippen molar-refractivity contribution in [1.29, 1.82) is 0 Å². The van der Waals surface area contributed by atoms with Gasteiger partial charge in [-0.3, -0.25) is 4.79 Å². The molecule has 2 aromatic rings. The first kappa shape index (κ1) is 11.6. The Morgan fingerprint density at radius 2 is 1.94 bits per heavy atom. The molecule has 0 saturated heterocycles. The molecular formula is C11H6Cl3NO. The zero-order chi connectivity index (χ0) is 11.9. The van der Waals surface area contributed by atoms with Gasteiger partial charge in [-0.1, -0.05) is 23.2 Å². The number of hydrogen-bond donors (Lipinski definition) is 0. The van der Waals surface area contributed by atoms with E-state index in [0.717, 1.165) is 10.9 Å². The van der Waals surface area contributed by atoms with Crippen molar-refractivity contribution in [3.63, 3.8) is 0 Å². The zero-order valence-electron chi connectivity index (χ0n) is 8.22. The average molecular weight is 275 g/mol. The fourth-order valence-electron chi connectivity index (χ4n) is 1.41. The van der Waals surface area contributed by atoms with Crippen LogP contribution in [0.3, 0.4) is 0 Å². The molecule has 1 aromatic carbocycles. The van der Waals surface area contributed by atoms with Crippen LogP contribution in [0.15, 0.2) is 18.2 Å². The summed E-state index contributed by atoms with van der Waals surface area (Å²) in [7, 11) is 0. The van der Waals surface area contributed by atoms with E-state index < -0.39 is 5.24 Å². The smallest absolute Gasteiger partial charge is 0.255 e. The number of fused-ring (bicyclic) bond motifs is 1. The summed E-state index contributed by atoms with van der Waals surface area (Å²) in [4.78, 5) is 15.2. The fraction of sp³-hybridized carbons (Fsp3) is 0.0909. The molecule has 0 N–H and O–H groups in total. The van der Waals surface area contributed by atoms with Crippen LogP contribution in [0.2, 0.25) is 10.2 Å². The number of halogens is 3. The number of rotatable bonds is 1. The number of carbonyl (C=O) groups is 1. The summed E-state index contributed by atoms with van der Waals surface area (Å²) in [6.07, 6.45) is 0. The van der Waals surface area contributed by atoms with Crippen molar-refractivity contribution in [1.82, 2.24) is 4.98 Å². The second-order valence-electron chi connectivity index (χ2n) is 3.39. The molecular weight excluding hydrogens is 268 g/mol. The van der Waals surface area contributed by atoms with Gasteiger partial charge < -0.3 is 0 Å². The van der Waals surface area contributed by atoms with E-state index in [1.807, 2.05) is 13.0 Å². The molecule has 0 aliphatic rings. The van der Waals surface area contributed by atoms with E-state index in [4.69, 9.17) is 34.8 Å². The highest BCUT2D eigenvalue weighted by molar-refractivity contribution is 6.68. The lowest BCUT2D eigenvalue weighted by atomic mass is 10.1. The molecule has 0 aliphatic heterocycles. The minimum atomic E-state index is -0.629. The first-order chi connectivity index (χ1) is 7.49. The Hall–Kier alpha value is -0.830. The normalized spacial score (nSPS) is 10.8. The van der Waals surface area contributed by atoms with E-state index in [-0.39, 0.29) is 10.7 Å². The average Bonchev–Trinajstić information content (AvgIpc) is 2.19. The molecule has 0 radical (unpaired) electrons. The van der Waals surface area contributed by atoms with E-state index in [1.54, 1.807) is 12.1 Å². The van der Waals surface area contributed by atoms with Gasteiger partial charge in [-0.05, 0) is 42.3 Å². The fourth-order valence-corrected chi connectivity index (χ4v) is 2.01. The van der Waals surface area contributed by atoms with Crippen molar-refractivity contribution in [2.45, 2.75) is 6.92 Å². The van der Waals surface area contributed by atoms with Gasteiger partial charge in [-0.2, -0.15) is 0 Å². The first-order valence-electron chi connectivity index (χ1n) is 4.45. The minimum absolute atomic E-state index is 0.106. The number of benzene rings is 1. The van der Waals surface area contributed by atoms with Gasteiger partial charge in [0.15, 0.2) is 0 Å². The topological polar surface area (TPSA) is 30.0 Å². The molecule has 16 heavy (non-hydrogen) atoms. The maximum Gasteiger partial charge on any atom is 0.255 e. The summed E-state index contributed by atoms with van der Waals surface area (Å²) in [5, 5.41) is 0.832. The van der Waals surface area contributed by atoms with Gasteiger partial charge in [0, 0.05) is 10.4 Å². The van der Waals surface area contributed by atoms with Crippen LogP contribution in [0.4, 0.5) is 0 Å². The number of carbonyl (C=O) groups excluding carboxylic acids is 1. The lowest BCUT2D eigenvalue weighted by molar-refractivity contribution is 0.108. The van der Waals surface area contributed by atoms with E-state index in [0.29, 0.717) is 10.5 Å². The molecule has 0 unspecified atom stereocenters. The molecule has 0 aliphatic carbocycles. The number of nitrogens with zero attached hydrogens (tertiary/aromatic N) is 1. The molecule has 2 rings (SSSR count). The third-order valence-electron chi connectivity index (χ3n) is 2.26. The van der Waals surface area contributed by atoms with E-state index >= 15 is 0 Å². The number of aryl methyl sites for hydroxylation is 1. The van der Waals surface area contributed by atoms with Crippen molar-refractivity contribution in [3.05, 3.63) is 39.5 Å². The largest absolute Gasteiger partial charge is 0.275 e. The molecule has 0 amide bonds. The van der Waals surface area contributed by atoms with Crippen LogP contribution in [0, 0.1) is 6.92 Å². The maximum absolute atomic E-state index is 11.1. The Morgan fingerprint density at radius 1 is 1.25 bits per heavy atom. The third-order valence-corrected chi connectivity index (χ3v) is 3.16. The van der Waals surface area contributed by atoms with Gasteiger partial charge in [0.25, 0.3) is 5.24 Å². The van der Waals surface area contributed by atoms with Crippen LogP contribution in [-0.2, 0) is 0 Å². The highest BCUT2D eigenvalue weighted by Gasteiger charge is 2.11. The van der Waals surface area contributed by atoms with Crippen LogP contribution in [0.1, 0.15) is 15.9 Å². The molecule has 82 valence electrons. The molecule has 1 aromatic heterocycles. The molecule has 0 fully saturated rings. The minimum Gasteiger partial charge on any atom is -0.275 e. The highest BCUT2D eigenvalue weighted by Crippen LogP contribution is 2.26. The van der Waals surface area contributed by atoms with Crippen molar-refractivity contribution in [2.75, 3.05) is 0 Å². The van der Waals surface area contributed by atoms with Gasteiger partial charge >= 0.3 is 0 Å². The summed E-state index contributed by atoms with van der Waals surface area (Å²) in [5.41, 5.74) is 1.78. The van der Waals surface area contributed by atoms with Crippen LogP contribution in [-0.4, -0.2) is 10.2 Å². The molecule has 0 saturated carbocycles. The molecule has 1 heterocycles. The Bertz CT molecular complexity index is 595. The summed E-state index contributed by atoms with van der Waals surface area (Å²) in [5.74, 6) is 0. The number of hydrogen-bond acceptors (Lipinski definition) is 2. The van der Waals surface area contributed by atoms with Crippen molar-refractivity contribution in [3.8, 4) is 0 Å². The summed E-state index contributed by atoms with van der Waals surface area (Å²) < 4.78 is 0. The number of pyridine rings is 1. The van der Waals surface area contributed by atoms with Gasteiger partial charge in [0.05, 0.1) is 11.1 Å². The van der Waals surface area contributed by atoms with Gasteiger partial charge in [0.1, 0.15) is 5.15 Å². The molecule has 2 nitrogen and oxygen atoms in total. The van der Waals surface area contributed by atoms with Crippen LogP contribution in [0.25, 0.3) is 10.9 Å². The van der Waals surface area contributed by atoms with Gasteiger partial charge in [0.2, 0.25) is 0 Å². The van der Waals surface area contributed by atoms with Crippen LogP contribution < -0.4 is 0 Å². The van der Waals surface area contributed by atoms with Crippen molar-refractivity contribution < 1.29 is 4.79 Å². The Kier molecular flexibility index (Phi) is 3.06. The standard InChI is InChI=1S/C11H6Cl3NO/c1-5-2-9-6(4-8(5)12)3-7(11(14)16)10(13)15-9/h2-4H,1H3. The zero-order valence-corrected chi connectivity index (χ0v) is 10.5. The first-order valence-corrected chi connectivity index (χ1v) is 5.58. The Morgan fingerprint density at radius 3 is 2.56 bits per heavy atom.